The van der Waals surface area contributed by atoms with Crippen LogP contribution in [0.15, 0.2) is 12.1 Å². The number of hydrogen-bond donors (Lipinski definition) is 2. The number of hydrogen-bond acceptors (Lipinski definition) is 7. The Bertz CT molecular complexity index is 1100. The Morgan fingerprint density at radius 2 is 2.03 bits per heavy atom. The molecule has 4 heterocycles. The first-order valence-electron chi connectivity index (χ1n) is 10.4. The molecular weight excluding hydrogens is 404 g/mol. The Hall–Kier alpha value is -2.45. The van der Waals surface area contributed by atoms with Crippen LogP contribution in [-0.4, -0.2) is 47.9 Å². The molecule has 2 N–H and O–H groups in total. The maximum atomic E-state index is 10.2. The third-order valence-corrected chi connectivity index (χ3v) is 6.15. The number of anilines is 1. The molecule has 158 valence electrons. The molecule has 3 aromatic heterocycles. The molecule has 30 heavy (non-hydrogen) atoms. The Kier molecular flexibility index (Phi) is 4.78. The van der Waals surface area contributed by atoms with Gasteiger partial charge in [0.05, 0.1) is 17.9 Å². The van der Waals surface area contributed by atoms with Crippen LogP contribution in [0.3, 0.4) is 0 Å². The molecular formula is C21H25ClN6O2. The molecule has 1 fully saturated rings. The molecule has 0 bridgehead atoms. The molecule has 0 saturated heterocycles. The first-order chi connectivity index (χ1) is 14.4. The average Bonchev–Trinajstić information content (AvgIpc) is 3.13. The summed E-state index contributed by atoms with van der Waals surface area (Å²) in [5, 5.41) is 18.9. The minimum atomic E-state index is -0.575. The highest BCUT2D eigenvalue weighted by molar-refractivity contribution is 6.29. The van der Waals surface area contributed by atoms with Crippen molar-refractivity contribution >= 4 is 23.1 Å². The monoisotopic (exact) mass is 428 g/mol. The highest BCUT2D eigenvalue weighted by Gasteiger charge is 2.29. The third-order valence-electron chi connectivity index (χ3n) is 5.96. The van der Waals surface area contributed by atoms with Gasteiger partial charge in [0, 0.05) is 18.2 Å². The first-order valence-corrected chi connectivity index (χ1v) is 10.8. The van der Waals surface area contributed by atoms with E-state index in [4.69, 9.17) is 26.4 Å². The van der Waals surface area contributed by atoms with Crippen molar-refractivity contribution in [1.29, 1.82) is 0 Å². The Balaban J connectivity index is 1.50. The topological polar surface area (TPSA) is 97.5 Å². The molecule has 0 radical (unpaired) electrons. The smallest absolute Gasteiger partial charge is 0.235 e. The Morgan fingerprint density at radius 3 is 2.83 bits per heavy atom. The zero-order chi connectivity index (χ0) is 20.9. The van der Waals surface area contributed by atoms with Crippen LogP contribution >= 0.6 is 11.6 Å². The molecule has 0 unspecified atom stereocenters. The van der Waals surface area contributed by atoms with Crippen LogP contribution in [0.25, 0.3) is 17.0 Å². The van der Waals surface area contributed by atoms with Gasteiger partial charge in [-0.25, -0.2) is 15.0 Å². The van der Waals surface area contributed by atoms with Gasteiger partial charge in [-0.2, -0.15) is 9.61 Å². The summed E-state index contributed by atoms with van der Waals surface area (Å²) in [7, 11) is 0. The van der Waals surface area contributed by atoms with Crippen molar-refractivity contribution in [3.8, 4) is 17.3 Å². The van der Waals surface area contributed by atoms with Crippen molar-refractivity contribution < 1.29 is 9.84 Å². The van der Waals surface area contributed by atoms with E-state index in [9.17, 15) is 5.11 Å². The maximum Gasteiger partial charge on any atom is 0.235 e. The number of halogens is 1. The average molecular weight is 429 g/mol. The molecule has 0 atom stereocenters. The summed E-state index contributed by atoms with van der Waals surface area (Å²) >= 11 is 6.29. The van der Waals surface area contributed by atoms with Crippen LogP contribution in [0, 0.1) is 6.92 Å². The largest absolute Gasteiger partial charge is 0.476 e. The van der Waals surface area contributed by atoms with Gasteiger partial charge in [0.15, 0.2) is 5.65 Å². The van der Waals surface area contributed by atoms with E-state index in [0.29, 0.717) is 29.0 Å². The lowest BCUT2D eigenvalue weighted by Gasteiger charge is -2.33. The van der Waals surface area contributed by atoms with Crippen molar-refractivity contribution in [2.45, 2.75) is 64.0 Å². The number of aliphatic hydroxyl groups is 1. The van der Waals surface area contributed by atoms with Crippen molar-refractivity contribution in [3.05, 3.63) is 28.7 Å². The van der Waals surface area contributed by atoms with E-state index in [1.165, 1.54) is 0 Å². The fourth-order valence-corrected chi connectivity index (χ4v) is 4.41. The van der Waals surface area contributed by atoms with Gasteiger partial charge in [0.25, 0.3) is 0 Å². The Labute approximate surface area is 179 Å². The molecule has 0 aromatic carbocycles. The molecule has 2 aliphatic rings. The van der Waals surface area contributed by atoms with Crippen LogP contribution in [0.4, 0.5) is 5.82 Å². The van der Waals surface area contributed by atoms with E-state index in [-0.39, 0.29) is 6.04 Å². The molecule has 9 heteroatoms. The summed E-state index contributed by atoms with van der Waals surface area (Å²) in [6.45, 7) is 4.50. The molecule has 1 aliphatic heterocycles. The van der Waals surface area contributed by atoms with Gasteiger partial charge in [0.1, 0.15) is 28.1 Å². The van der Waals surface area contributed by atoms with Crippen LogP contribution in [0.5, 0.6) is 5.88 Å². The normalized spacial score (nSPS) is 23.8. The fraction of sp³-hybridized carbons (Fsp3) is 0.524. The first kappa shape index (κ1) is 19.5. The van der Waals surface area contributed by atoms with Crippen molar-refractivity contribution in [1.82, 2.24) is 24.6 Å². The molecule has 0 amide bonds. The lowest BCUT2D eigenvalue weighted by molar-refractivity contribution is 0.0196. The van der Waals surface area contributed by atoms with Crippen LogP contribution in [-0.2, 0) is 6.42 Å². The second kappa shape index (κ2) is 7.35. The summed E-state index contributed by atoms with van der Waals surface area (Å²) in [4.78, 5) is 13.8. The highest BCUT2D eigenvalue weighted by atomic mass is 35.5. The zero-order valence-corrected chi connectivity index (χ0v) is 17.9. The molecule has 3 aromatic rings. The second-order valence-electron chi connectivity index (χ2n) is 8.54. The van der Waals surface area contributed by atoms with Crippen LogP contribution in [0.2, 0.25) is 5.15 Å². The van der Waals surface area contributed by atoms with E-state index >= 15 is 0 Å². The van der Waals surface area contributed by atoms with Gasteiger partial charge in [0.2, 0.25) is 5.88 Å². The number of rotatable bonds is 3. The predicted molar refractivity (Wildman–Crippen MR) is 114 cm³/mol. The molecule has 0 spiro atoms. The van der Waals surface area contributed by atoms with E-state index in [2.05, 4.69) is 15.3 Å². The summed E-state index contributed by atoms with van der Waals surface area (Å²) in [6, 6.07) is 3.93. The Morgan fingerprint density at radius 1 is 1.23 bits per heavy atom. The second-order valence-corrected chi connectivity index (χ2v) is 8.93. The predicted octanol–water partition coefficient (Wildman–Crippen LogP) is 3.58. The minimum Gasteiger partial charge on any atom is -0.476 e. The number of fused-ring (bicyclic) bond motifs is 2. The van der Waals surface area contributed by atoms with Gasteiger partial charge < -0.3 is 15.2 Å². The SMILES string of the molecule is Cc1nc2c(nc1-c1cc3nc(Cl)cc(NC4CCC(C)(O)CC4)n3n1)CCCO2. The van der Waals surface area contributed by atoms with Gasteiger partial charge in [-0.05, 0) is 52.4 Å². The van der Waals surface area contributed by atoms with Gasteiger partial charge in [-0.3, -0.25) is 0 Å². The highest BCUT2D eigenvalue weighted by Crippen LogP contribution is 2.31. The number of aryl methyl sites for hydroxylation is 2. The standard InChI is InChI=1S/C21H25ClN6O2/c1-12-19(25-14-4-3-9-30-20(14)23-12)15-10-17-26-16(22)11-18(28(17)27-15)24-13-5-7-21(2,29)8-6-13/h10-11,13,24,29H,3-9H2,1-2H3. The van der Waals surface area contributed by atoms with Gasteiger partial charge >= 0.3 is 0 Å². The quantitative estimate of drug-likeness (QED) is 0.615. The van der Waals surface area contributed by atoms with Gasteiger partial charge in [-0.1, -0.05) is 11.6 Å². The van der Waals surface area contributed by atoms with Gasteiger partial charge in [-0.15, -0.1) is 0 Å². The van der Waals surface area contributed by atoms with E-state index in [0.717, 1.165) is 61.4 Å². The van der Waals surface area contributed by atoms with Crippen molar-refractivity contribution in [2.24, 2.45) is 0 Å². The summed E-state index contributed by atoms with van der Waals surface area (Å²) in [5.41, 5.74) is 3.16. The fourth-order valence-electron chi connectivity index (χ4n) is 4.22. The van der Waals surface area contributed by atoms with Crippen LogP contribution < -0.4 is 10.1 Å². The van der Waals surface area contributed by atoms with E-state index < -0.39 is 5.60 Å². The number of nitrogens with zero attached hydrogens (tertiary/aromatic N) is 5. The molecule has 5 rings (SSSR count). The molecule has 8 nitrogen and oxygen atoms in total. The molecule has 1 saturated carbocycles. The van der Waals surface area contributed by atoms with E-state index in [1.807, 2.05) is 19.9 Å². The zero-order valence-electron chi connectivity index (χ0n) is 17.2. The number of aromatic nitrogens is 5. The maximum absolute atomic E-state index is 10.2. The molecule has 1 aliphatic carbocycles. The minimum absolute atomic E-state index is 0.252. The number of ether oxygens (including phenoxy) is 1. The lowest BCUT2D eigenvalue weighted by Crippen LogP contribution is -2.36. The lowest BCUT2D eigenvalue weighted by atomic mass is 9.84. The van der Waals surface area contributed by atoms with Crippen molar-refractivity contribution in [2.75, 3.05) is 11.9 Å². The third kappa shape index (κ3) is 3.70. The summed E-state index contributed by atoms with van der Waals surface area (Å²) < 4.78 is 7.40. The van der Waals surface area contributed by atoms with Crippen molar-refractivity contribution in [3.63, 3.8) is 0 Å². The van der Waals surface area contributed by atoms with Crippen LogP contribution in [0.1, 0.15) is 50.4 Å². The summed E-state index contributed by atoms with van der Waals surface area (Å²) in [5.74, 6) is 1.41. The summed E-state index contributed by atoms with van der Waals surface area (Å²) in [6.07, 6.45) is 5.10. The number of nitrogens with one attached hydrogen (secondary N) is 1. The van der Waals surface area contributed by atoms with E-state index in [1.54, 1.807) is 10.6 Å².